The molecule has 0 aliphatic carbocycles. The molecule has 1 saturated heterocycles. The Morgan fingerprint density at radius 2 is 1.67 bits per heavy atom. The van der Waals surface area contributed by atoms with Gasteiger partial charge in [0.2, 0.25) is 5.91 Å². The van der Waals surface area contributed by atoms with Gasteiger partial charge in [0.25, 0.3) is 0 Å². The van der Waals surface area contributed by atoms with Crippen LogP contribution in [0.3, 0.4) is 0 Å². The van der Waals surface area contributed by atoms with Crippen molar-refractivity contribution < 1.29 is 9.59 Å². The minimum absolute atomic E-state index is 0.0407. The summed E-state index contributed by atoms with van der Waals surface area (Å²) in [4.78, 5) is 29.4. The van der Waals surface area contributed by atoms with E-state index in [0.717, 1.165) is 25.9 Å². The number of carbonyl (C=O) groups excluding carboxylic acids is 2. The molecule has 21 heavy (non-hydrogen) atoms. The lowest BCUT2D eigenvalue weighted by Crippen LogP contribution is -2.51. The Balaban J connectivity index is 2.39. The Kier molecular flexibility index (Phi) is 6.01. The van der Waals surface area contributed by atoms with Crippen LogP contribution in [0.15, 0.2) is 0 Å². The summed E-state index contributed by atoms with van der Waals surface area (Å²) >= 11 is 0. The number of hydrogen-bond donors (Lipinski definition) is 1. The van der Waals surface area contributed by atoms with Crippen LogP contribution in [0.5, 0.6) is 0 Å². The van der Waals surface area contributed by atoms with E-state index in [2.05, 4.69) is 10.2 Å². The Morgan fingerprint density at radius 1 is 1.14 bits per heavy atom. The van der Waals surface area contributed by atoms with Crippen LogP contribution in [0.2, 0.25) is 0 Å². The average molecular weight is 298 g/mol. The zero-order chi connectivity index (χ0) is 16.2. The molecule has 0 aromatic rings. The molecule has 0 bridgehead atoms. The maximum atomic E-state index is 11.9. The fourth-order valence-electron chi connectivity index (χ4n) is 2.60. The van der Waals surface area contributed by atoms with Gasteiger partial charge in [0, 0.05) is 45.8 Å². The summed E-state index contributed by atoms with van der Waals surface area (Å²) in [5.41, 5.74) is -0.187. The Bertz CT molecular complexity index is 368. The first kappa shape index (κ1) is 17.8. The van der Waals surface area contributed by atoms with Crippen molar-refractivity contribution in [1.82, 2.24) is 20.0 Å². The van der Waals surface area contributed by atoms with Crippen molar-refractivity contribution in [2.24, 2.45) is 0 Å². The van der Waals surface area contributed by atoms with Crippen LogP contribution in [-0.4, -0.2) is 79.0 Å². The maximum Gasteiger partial charge on any atom is 0.319 e. The van der Waals surface area contributed by atoms with E-state index < -0.39 is 0 Å². The number of hydrogen-bond acceptors (Lipinski definition) is 3. The van der Waals surface area contributed by atoms with Gasteiger partial charge in [0.05, 0.1) is 6.54 Å². The normalized spacial score (nSPS) is 17.4. The van der Waals surface area contributed by atoms with Crippen LogP contribution in [0, 0.1) is 0 Å². The summed E-state index contributed by atoms with van der Waals surface area (Å²) in [6, 6.07) is 0.306. The highest BCUT2D eigenvalue weighted by Gasteiger charge is 2.27. The number of nitrogens with zero attached hydrogens (tertiary/aromatic N) is 3. The number of nitrogens with one attached hydrogen (secondary N) is 1. The lowest BCUT2D eigenvalue weighted by molar-refractivity contribution is -0.124. The average Bonchev–Trinajstić information content (AvgIpc) is 2.35. The van der Waals surface area contributed by atoms with Gasteiger partial charge in [-0.1, -0.05) is 0 Å². The summed E-state index contributed by atoms with van der Waals surface area (Å²) < 4.78 is 0. The highest BCUT2D eigenvalue weighted by molar-refractivity contribution is 5.78. The first-order valence-corrected chi connectivity index (χ1v) is 7.57. The SMILES string of the molecule is CN(C)C(=O)N(C)C1CCN(CC(=O)NC(C)(C)C)CC1. The second kappa shape index (κ2) is 7.11. The fraction of sp³-hybridized carbons (Fsp3) is 0.867. The predicted molar refractivity (Wildman–Crippen MR) is 84.2 cm³/mol. The zero-order valence-corrected chi connectivity index (χ0v) is 14.3. The van der Waals surface area contributed by atoms with Crippen molar-refractivity contribution in [1.29, 1.82) is 0 Å². The van der Waals surface area contributed by atoms with Gasteiger partial charge in [-0.05, 0) is 33.6 Å². The second-order valence-electron chi connectivity index (χ2n) is 7.09. The summed E-state index contributed by atoms with van der Waals surface area (Å²) in [7, 11) is 5.39. The number of piperidine rings is 1. The van der Waals surface area contributed by atoms with Gasteiger partial charge in [0.1, 0.15) is 0 Å². The number of carbonyl (C=O) groups is 2. The highest BCUT2D eigenvalue weighted by atomic mass is 16.2. The van der Waals surface area contributed by atoms with Gasteiger partial charge >= 0.3 is 6.03 Å². The molecule has 0 aromatic carbocycles. The molecule has 6 nitrogen and oxygen atoms in total. The molecular weight excluding hydrogens is 268 g/mol. The topological polar surface area (TPSA) is 55.9 Å². The third-order valence-corrected chi connectivity index (χ3v) is 3.67. The van der Waals surface area contributed by atoms with Gasteiger partial charge in [-0.3, -0.25) is 9.69 Å². The Morgan fingerprint density at radius 3 is 2.10 bits per heavy atom. The molecule has 0 radical (unpaired) electrons. The lowest BCUT2D eigenvalue weighted by atomic mass is 10.0. The lowest BCUT2D eigenvalue weighted by Gasteiger charge is -2.37. The summed E-state index contributed by atoms with van der Waals surface area (Å²) in [6.07, 6.45) is 1.83. The number of likely N-dealkylation sites (tertiary alicyclic amines) is 1. The minimum atomic E-state index is -0.187. The van der Waals surface area contributed by atoms with E-state index in [9.17, 15) is 9.59 Å². The van der Waals surface area contributed by atoms with Gasteiger partial charge in [-0.2, -0.15) is 0 Å². The third-order valence-electron chi connectivity index (χ3n) is 3.67. The molecule has 1 N–H and O–H groups in total. The molecule has 1 heterocycles. The molecule has 1 rings (SSSR count). The highest BCUT2D eigenvalue weighted by Crippen LogP contribution is 2.16. The molecule has 6 heteroatoms. The molecule has 1 aliphatic heterocycles. The van der Waals surface area contributed by atoms with Gasteiger partial charge < -0.3 is 15.1 Å². The molecule has 1 aliphatic rings. The Labute approximate surface area is 128 Å². The molecule has 0 spiro atoms. The largest absolute Gasteiger partial charge is 0.350 e. The first-order chi connectivity index (χ1) is 9.60. The van der Waals surface area contributed by atoms with Crippen molar-refractivity contribution in [3.63, 3.8) is 0 Å². The van der Waals surface area contributed by atoms with Crippen LogP contribution in [0.4, 0.5) is 4.79 Å². The molecular formula is C15H30N4O2. The van der Waals surface area contributed by atoms with E-state index in [0.29, 0.717) is 6.54 Å². The Hall–Kier alpha value is -1.30. The van der Waals surface area contributed by atoms with Gasteiger partial charge in [0.15, 0.2) is 0 Å². The molecule has 0 unspecified atom stereocenters. The molecule has 3 amide bonds. The van der Waals surface area contributed by atoms with Crippen LogP contribution in [-0.2, 0) is 4.79 Å². The number of rotatable bonds is 3. The first-order valence-electron chi connectivity index (χ1n) is 7.57. The van der Waals surface area contributed by atoms with Crippen molar-refractivity contribution in [2.75, 3.05) is 40.8 Å². The quantitative estimate of drug-likeness (QED) is 0.845. The van der Waals surface area contributed by atoms with E-state index in [1.54, 1.807) is 19.0 Å². The molecule has 0 atom stereocenters. The summed E-state index contributed by atoms with van der Waals surface area (Å²) in [5, 5.41) is 2.98. The third kappa shape index (κ3) is 5.91. The molecule has 0 saturated carbocycles. The maximum absolute atomic E-state index is 11.9. The van der Waals surface area contributed by atoms with Crippen LogP contribution < -0.4 is 5.32 Å². The standard InChI is InChI=1S/C15H30N4O2/c1-15(2,3)16-13(20)11-19-9-7-12(8-10-19)18(6)14(21)17(4)5/h12H,7-11H2,1-6H3,(H,16,20). The van der Waals surface area contributed by atoms with E-state index >= 15 is 0 Å². The summed E-state index contributed by atoms with van der Waals surface area (Å²) in [5.74, 6) is 0.0682. The van der Waals surface area contributed by atoms with Crippen molar-refractivity contribution in [3.05, 3.63) is 0 Å². The minimum Gasteiger partial charge on any atom is -0.350 e. The van der Waals surface area contributed by atoms with E-state index in [4.69, 9.17) is 0 Å². The molecule has 1 fully saturated rings. The van der Waals surface area contributed by atoms with E-state index in [-0.39, 0.29) is 23.5 Å². The second-order valence-corrected chi connectivity index (χ2v) is 7.09. The number of urea groups is 1. The predicted octanol–water partition coefficient (Wildman–Crippen LogP) is 0.979. The van der Waals surface area contributed by atoms with Crippen molar-refractivity contribution in [3.8, 4) is 0 Å². The van der Waals surface area contributed by atoms with Crippen LogP contribution >= 0.6 is 0 Å². The molecule has 122 valence electrons. The van der Waals surface area contributed by atoms with Crippen LogP contribution in [0.1, 0.15) is 33.6 Å². The molecule has 0 aromatic heterocycles. The summed E-state index contributed by atoms with van der Waals surface area (Å²) in [6.45, 7) is 8.10. The van der Waals surface area contributed by atoms with Gasteiger partial charge in [-0.15, -0.1) is 0 Å². The fourth-order valence-corrected chi connectivity index (χ4v) is 2.60. The zero-order valence-electron chi connectivity index (χ0n) is 14.3. The number of amides is 3. The smallest absolute Gasteiger partial charge is 0.319 e. The monoisotopic (exact) mass is 298 g/mol. The van der Waals surface area contributed by atoms with E-state index in [1.165, 1.54) is 0 Å². The van der Waals surface area contributed by atoms with Gasteiger partial charge in [-0.25, -0.2) is 4.79 Å². The van der Waals surface area contributed by atoms with Crippen LogP contribution in [0.25, 0.3) is 0 Å². The van der Waals surface area contributed by atoms with Crippen molar-refractivity contribution in [2.45, 2.75) is 45.2 Å². The van der Waals surface area contributed by atoms with E-state index in [1.807, 2.05) is 32.7 Å². The van der Waals surface area contributed by atoms with Crippen molar-refractivity contribution >= 4 is 11.9 Å².